The summed E-state index contributed by atoms with van der Waals surface area (Å²) in [5.41, 5.74) is 0.811. The van der Waals surface area contributed by atoms with E-state index in [0.717, 1.165) is 66.7 Å². The van der Waals surface area contributed by atoms with Crippen LogP contribution in [-0.2, 0) is 42.0 Å². The molecule has 0 aliphatic heterocycles. The van der Waals surface area contributed by atoms with Gasteiger partial charge in [0.05, 0.1) is 18.2 Å². The molecule has 0 bridgehead atoms. The largest absolute Gasteiger partial charge is 0.463 e. The normalized spacial score (nSPS) is 17.3. The quantitative estimate of drug-likeness (QED) is 0.174. The molecular formula is C31H38F6N6O2. The number of tetrazole rings is 1. The SMILES string of the molecule is CCN(CC1CCC(OC(C)=O)CC1)c1cc(C)c(C)cc1CN(Cc1cc(C(F)(F)F)cc(C(F)(F)F)c1)c1nnn(C)n1. The summed E-state index contributed by atoms with van der Waals surface area (Å²) in [5.74, 6) is 0.143. The third kappa shape index (κ3) is 8.88. The number of benzene rings is 2. The van der Waals surface area contributed by atoms with Crippen molar-refractivity contribution < 1.29 is 35.9 Å². The van der Waals surface area contributed by atoms with E-state index in [-0.39, 0.29) is 42.7 Å². The number of nitrogens with zero attached hydrogens (tertiary/aromatic N) is 6. The molecule has 4 rings (SSSR count). The molecule has 0 spiro atoms. The average molecular weight is 641 g/mol. The van der Waals surface area contributed by atoms with Gasteiger partial charge in [-0.25, -0.2) is 0 Å². The lowest BCUT2D eigenvalue weighted by Crippen LogP contribution is -2.34. The summed E-state index contributed by atoms with van der Waals surface area (Å²) in [5, 5.41) is 12.1. The number of hydrogen-bond acceptors (Lipinski definition) is 7. The molecule has 0 radical (unpaired) electrons. The van der Waals surface area contributed by atoms with E-state index in [9.17, 15) is 31.1 Å². The van der Waals surface area contributed by atoms with E-state index in [4.69, 9.17) is 4.74 Å². The number of ether oxygens (including phenoxy) is 1. The van der Waals surface area contributed by atoms with Crippen molar-refractivity contribution in [3.05, 3.63) is 63.7 Å². The highest BCUT2D eigenvalue weighted by Crippen LogP contribution is 2.37. The summed E-state index contributed by atoms with van der Waals surface area (Å²) >= 11 is 0. The third-order valence-electron chi connectivity index (χ3n) is 8.19. The zero-order valence-electron chi connectivity index (χ0n) is 26.0. The number of aryl methyl sites for hydroxylation is 3. The molecule has 14 heteroatoms. The van der Waals surface area contributed by atoms with Crippen LogP contribution in [0, 0.1) is 19.8 Å². The highest BCUT2D eigenvalue weighted by molar-refractivity contribution is 5.66. The molecule has 246 valence electrons. The Kier molecular flexibility index (Phi) is 10.3. The minimum Gasteiger partial charge on any atom is -0.463 e. The van der Waals surface area contributed by atoms with Gasteiger partial charge < -0.3 is 14.5 Å². The van der Waals surface area contributed by atoms with E-state index in [2.05, 4.69) is 26.4 Å². The van der Waals surface area contributed by atoms with Crippen LogP contribution < -0.4 is 9.80 Å². The van der Waals surface area contributed by atoms with Crippen molar-refractivity contribution in [2.75, 3.05) is 22.9 Å². The molecule has 8 nitrogen and oxygen atoms in total. The molecule has 3 aromatic rings. The first kappa shape index (κ1) is 34.0. The van der Waals surface area contributed by atoms with Gasteiger partial charge in [-0.1, -0.05) is 11.2 Å². The maximum Gasteiger partial charge on any atom is 0.416 e. The second-order valence-electron chi connectivity index (χ2n) is 11.7. The van der Waals surface area contributed by atoms with E-state index in [1.807, 2.05) is 26.8 Å². The van der Waals surface area contributed by atoms with Gasteiger partial charge in [-0.2, -0.15) is 31.1 Å². The smallest absolute Gasteiger partial charge is 0.416 e. The van der Waals surface area contributed by atoms with Gasteiger partial charge in [0.1, 0.15) is 6.10 Å². The number of halogens is 6. The molecule has 1 aliphatic rings. The van der Waals surface area contributed by atoms with Crippen LogP contribution in [0.3, 0.4) is 0 Å². The lowest BCUT2D eigenvalue weighted by Gasteiger charge is -2.35. The number of hydrogen-bond donors (Lipinski definition) is 0. The summed E-state index contributed by atoms with van der Waals surface area (Å²) in [7, 11) is 1.52. The summed E-state index contributed by atoms with van der Waals surface area (Å²) in [6.45, 7) is 8.58. The molecule has 1 aliphatic carbocycles. The number of carbonyl (C=O) groups excluding carboxylic acids is 1. The first-order valence-electron chi connectivity index (χ1n) is 14.8. The monoisotopic (exact) mass is 640 g/mol. The molecular weight excluding hydrogens is 602 g/mol. The van der Waals surface area contributed by atoms with Crippen LogP contribution >= 0.6 is 0 Å². The molecule has 0 unspecified atom stereocenters. The maximum atomic E-state index is 13.6. The number of aromatic nitrogens is 4. The minimum atomic E-state index is -4.97. The van der Waals surface area contributed by atoms with Gasteiger partial charge in [-0.3, -0.25) is 4.79 Å². The van der Waals surface area contributed by atoms with Crippen molar-refractivity contribution in [3.8, 4) is 0 Å². The van der Waals surface area contributed by atoms with Crippen molar-refractivity contribution in [2.24, 2.45) is 13.0 Å². The molecule has 0 N–H and O–H groups in total. The Labute approximate surface area is 258 Å². The van der Waals surface area contributed by atoms with Crippen LogP contribution in [-0.4, -0.2) is 45.4 Å². The van der Waals surface area contributed by atoms with E-state index < -0.39 is 23.5 Å². The highest BCUT2D eigenvalue weighted by atomic mass is 19.4. The Morgan fingerprint density at radius 1 is 0.911 bits per heavy atom. The van der Waals surface area contributed by atoms with E-state index >= 15 is 0 Å². The second kappa shape index (κ2) is 13.7. The molecule has 2 aromatic carbocycles. The Bertz CT molecular complexity index is 1450. The third-order valence-corrected chi connectivity index (χ3v) is 8.19. The Morgan fingerprint density at radius 2 is 1.51 bits per heavy atom. The molecule has 0 amide bonds. The van der Waals surface area contributed by atoms with E-state index in [0.29, 0.717) is 12.5 Å². The fourth-order valence-corrected chi connectivity index (χ4v) is 5.79. The van der Waals surface area contributed by atoms with Gasteiger partial charge >= 0.3 is 18.3 Å². The molecule has 0 saturated heterocycles. The predicted molar refractivity (Wildman–Crippen MR) is 156 cm³/mol. The van der Waals surface area contributed by atoms with Gasteiger partial charge in [-0.05, 0) is 104 Å². The van der Waals surface area contributed by atoms with Crippen LogP contribution in [0.2, 0.25) is 0 Å². The number of carbonyl (C=O) groups is 1. The van der Waals surface area contributed by atoms with Gasteiger partial charge in [0.25, 0.3) is 5.95 Å². The van der Waals surface area contributed by atoms with Gasteiger partial charge in [-0.15, -0.1) is 5.10 Å². The standard InChI is InChI=1S/C31H38F6N6O2/c1-6-42(16-22-7-9-27(10-8-22)45-21(4)44)28-12-20(3)19(2)11-24(28)18-43(29-38-40-41(5)39-29)17-23-13-25(30(32,33)34)15-26(14-23)31(35,36)37/h11-15,22,27H,6-10,16-18H2,1-5H3. The van der Waals surface area contributed by atoms with Crippen molar-refractivity contribution in [1.29, 1.82) is 0 Å². The van der Waals surface area contributed by atoms with Crippen LogP contribution in [0.4, 0.5) is 38.0 Å². The van der Waals surface area contributed by atoms with E-state index in [1.54, 1.807) is 0 Å². The average Bonchev–Trinajstić information content (AvgIpc) is 3.39. The lowest BCUT2D eigenvalue weighted by atomic mass is 9.86. The Morgan fingerprint density at radius 3 is 2.02 bits per heavy atom. The summed E-state index contributed by atoms with van der Waals surface area (Å²) in [6, 6.07) is 5.62. The highest BCUT2D eigenvalue weighted by Gasteiger charge is 2.37. The van der Waals surface area contributed by atoms with Crippen molar-refractivity contribution in [1.82, 2.24) is 20.2 Å². The van der Waals surface area contributed by atoms with Gasteiger partial charge in [0.2, 0.25) is 0 Å². The van der Waals surface area contributed by atoms with Gasteiger partial charge in [0, 0.05) is 38.8 Å². The second-order valence-corrected chi connectivity index (χ2v) is 11.7. The number of rotatable bonds is 10. The van der Waals surface area contributed by atoms with Gasteiger partial charge in [0.15, 0.2) is 0 Å². The minimum absolute atomic E-state index is 0.0690. The lowest BCUT2D eigenvalue weighted by molar-refractivity contribution is -0.148. The predicted octanol–water partition coefficient (Wildman–Crippen LogP) is 7.02. The fraction of sp³-hybridized carbons (Fsp3) is 0.548. The first-order valence-corrected chi connectivity index (χ1v) is 14.8. The topological polar surface area (TPSA) is 76.4 Å². The first-order chi connectivity index (χ1) is 21.0. The summed E-state index contributed by atoms with van der Waals surface area (Å²) in [4.78, 5) is 16.3. The molecule has 1 aromatic heterocycles. The zero-order valence-corrected chi connectivity index (χ0v) is 26.0. The Hall–Kier alpha value is -3.84. The number of esters is 1. The van der Waals surface area contributed by atoms with Crippen LogP contribution in [0.1, 0.15) is 72.9 Å². The molecule has 1 heterocycles. The van der Waals surface area contributed by atoms with Crippen molar-refractivity contribution >= 4 is 17.6 Å². The van der Waals surface area contributed by atoms with Crippen LogP contribution in [0.15, 0.2) is 30.3 Å². The molecule has 1 saturated carbocycles. The van der Waals surface area contributed by atoms with Crippen LogP contribution in [0.5, 0.6) is 0 Å². The molecule has 1 fully saturated rings. The van der Waals surface area contributed by atoms with E-state index in [1.165, 1.54) is 23.7 Å². The maximum absolute atomic E-state index is 13.6. The number of alkyl halides is 6. The van der Waals surface area contributed by atoms with Crippen molar-refractivity contribution in [2.45, 2.75) is 84.9 Å². The van der Waals surface area contributed by atoms with Crippen molar-refractivity contribution in [3.63, 3.8) is 0 Å². The van der Waals surface area contributed by atoms with Crippen LogP contribution in [0.25, 0.3) is 0 Å². The molecule has 45 heavy (non-hydrogen) atoms. The summed E-state index contributed by atoms with van der Waals surface area (Å²) < 4.78 is 87.2. The zero-order chi connectivity index (χ0) is 33.1. The number of anilines is 2. The fourth-order valence-electron chi connectivity index (χ4n) is 5.79. The summed E-state index contributed by atoms with van der Waals surface area (Å²) in [6.07, 6.45) is -6.66. The Balaban J connectivity index is 1.67. The molecule has 0 atom stereocenters.